The number of fused-ring (bicyclic) bond motifs is 1. The van der Waals surface area contributed by atoms with Crippen molar-refractivity contribution in [2.24, 2.45) is 0 Å². The van der Waals surface area contributed by atoms with Crippen LogP contribution in [0.2, 0.25) is 0 Å². The Hall–Kier alpha value is -1.12. The van der Waals surface area contributed by atoms with E-state index in [2.05, 4.69) is 40.7 Å². The molecule has 0 saturated heterocycles. The number of rotatable bonds is 8. The van der Waals surface area contributed by atoms with Gasteiger partial charge in [-0.1, -0.05) is 41.1 Å². The Labute approximate surface area is 195 Å². The van der Waals surface area contributed by atoms with E-state index in [1.165, 1.54) is 0 Å². The second kappa shape index (κ2) is 11.3. The van der Waals surface area contributed by atoms with Crippen molar-refractivity contribution in [2.45, 2.75) is 18.7 Å². The molecule has 0 atom stereocenters. The van der Waals surface area contributed by atoms with Crippen LogP contribution in [0.5, 0.6) is 0 Å². The van der Waals surface area contributed by atoms with Crippen molar-refractivity contribution >= 4 is 72.7 Å². The van der Waals surface area contributed by atoms with Gasteiger partial charge in [-0.05, 0) is 61.8 Å². The molecule has 1 aromatic heterocycles. The Morgan fingerprint density at radius 2 is 1.79 bits per heavy atom. The van der Waals surface area contributed by atoms with Gasteiger partial charge >= 0.3 is 0 Å². The first-order chi connectivity index (χ1) is 13.5. The highest BCUT2D eigenvalue weighted by molar-refractivity contribution is 9.10. The van der Waals surface area contributed by atoms with Crippen molar-refractivity contribution in [3.63, 3.8) is 0 Å². The Morgan fingerprint density at radius 1 is 1.10 bits per heavy atom. The summed E-state index contributed by atoms with van der Waals surface area (Å²) in [7, 11) is 0. The van der Waals surface area contributed by atoms with Gasteiger partial charge in [-0.15, -0.1) is 24.2 Å². The molecule has 0 unspecified atom stereocenters. The fourth-order valence-electron chi connectivity index (χ4n) is 2.96. The van der Waals surface area contributed by atoms with Gasteiger partial charge in [0, 0.05) is 28.0 Å². The third-order valence-electron chi connectivity index (χ3n) is 4.69. The van der Waals surface area contributed by atoms with Gasteiger partial charge < -0.3 is 4.90 Å². The van der Waals surface area contributed by atoms with Crippen molar-refractivity contribution in [3.8, 4) is 0 Å². The highest BCUT2D eigenvalue weighted by Crippen LogP contribution is 2.31. The van der Waals surface area contributed by atoms with Gasteiger partial charge in [-0.2, -0.15) is 0 Å². The predicted octanol–water partition coefficient (Wildman–Crippen LogP) is 6.19. The molecule has 4 nitrogen and oxygen atoms in total. The molecule has 0 spiro atoms. The number of hydrogen-bond donors (Lipinski definition) is 0. The average molecular weight is 515 g/mol. The lowest BCUT2D eigenvalue weighted by molar-refractivity contribution is 0.0983. The summed E-state index contributed by atoms with van der Waals surface area (Å²) in [5.41, 5.74) is 1.61. The largest absolute Gasteiger partial charge is 0.302 e. The predicted molar refractivity (Wildman–Crippen MR) is 132 cm³/mol. The molecule has 1 amide bonds. The summed E-state index contributed by atoms with van der Waals surface area (Å²) in [6.07, 6.45) is 2.03. The lowest BCUT2D eigenvalue weighted by atomic mass is 10.2. The number of benzene rings is 2. The molecule has 3 rings (SSSR count). The van der Waals surface area contributed by atoms with Gasteiger partial charge in [0.2, 0.25) is 0 Å². The number of carbonyl (C=O) groups excluding carboxylic acids is 1. The van der Waals surface area contributed by atoms with Crippen LogP contribution in [-0.2, 0) is 0 Å². The molecule has 2 aromatic carbocycles. The van der Waals surface area contributed by atoms with Gasteiger partial charge in [0.1, 0.15) is 0 Å². The van der Waals surface area contributed by atoms with Crippen LogP contribution in [0.25, 0.3) is 10.2 Å². The number of amides is 1. The van der Waals surface area contributed by atoms with E-state index in [0.29, 0.717) is 12.1 Å². The topological polar surface area (TPSA) is 36.4 Å². The normalized spacial score (nSPS) is 10.9. The fourth-order valence-corrected chi connectivity index (χ4v) is 4.91. The molecule has 0 fully saturated rings. The van der Waals surface area contributed by atoms with Gasteiger partial charge in [0.25, 0.3) is 5.91 Å². The van der Waals surface area contributed by atoms with Crippen LogP contribution in [0, 0.1) is 0 Å². The van der Waals surface area contributed by atoms with E-state index in [0.717, 1.165) is 44.4 Å². The lowest BCUT2D eigenvalue weighted by Crippen LogP contribution is -2.38. The molecule has 156 valence electrons. The van der Waals surface area contributed by atoms with Crippen LogP contribution in [-0.4, -0.2) is 48.2 Å². The average Bonchev–Trinajstić information content (AvgIpc) is 3.13. The standard InChI is InChI=1S/C21H24BrN3OS2.ClH/c1-4-24(5-2)12-13-25(20(26)15-6-9-17(27-3)10-7-15)21-23-18-11-8-16(22)14-19(18)28-21;/h6-11,14H,4-5,12-13H2,1-3H3;1H. The maximum Gasteiger partial charge on any atom is 0.260 e. The smallest absolute Gasteiger partial charge is 0.260 e. The number of likely N-dealkylation sites (N-methyl/N-ethyl adjacent to an activating group) is 1. The van der Waals surface area contributed by atoms with Crippen molar-refractivity contribution in [1.82, 2.24) is 9.88 Å². The van der Waals surface area contributed by atoms with Crippen molar-refractivity contribution in [2.75, 3.05) is 37.3 Å². The van der Waals surface area contributed by atoms with Crippen molar-refractivity contribution in [1.29, 1.82) is 0 Å². The summed E-state index contributed by atoms with van der Waals surface area (Å²) in [6, 6.07) is 13.8. The minimum atomic E-state index is -0.00192. The fraction of sp³-hybridized carbons (Fsp3) is 0.333. The first-order valence-corrected chi connectivity index (χ1v) is 12.1. The second-order valence-corrected chi connectivity index (χ2v) is 9.13. The third-order valence-corrected chi connectivity index (χ3v) is 6.96. The number of aromatic nitrogens is 1. The number of thioether (sulfide) groups is 1. The summed E-state index contributed by atoms with van der Waals surface area (Å²) in [6.45, 7) is 7.66. The maximum absolute atomic E-state index is 13.3. The van der Waals surface area contributed by atoms with E-state index in [4.69, 9.17) is 4.98 Å². The SMILES string of the molecule is CCN(CC)CCN(C(=O)c1ccc(SC)cc1)c1nc2ccc(Br)cc2s1.Cl. The zero-order valence-corrected chi connectivity index (χ0v) is 20.8. The molecule has 0 bridgehead atoms. The van der Waals surface area contributed by atoms with E-state index in [1.807, 2.05) is 47.6 Å². The summed E-state index contributed by atoms with van der Waals surface area (Å²) in [5.74, 6) is -0.00192. The molecule has 0 saturated carbocycles. The number of anilines is 1. The summed E-state index contributed by atoms with van der Waals surface area (Å²) in [5, 5.41) is 0.749. The number of halogens is 2. The van der Waals surface area contributed by atoms with Crippen LogP contribution in [0.15, 0.2) is 51.8 Å². The van der Waals surface area contributed by atoms with E-state index >= 15 is 0 Å². The van der Waals surface area contributed by atoms with Crippen molar-refractivity contribution in [3.05, 3.63) is 52.5 Å². The molecule has 0 aliphatic carbocycles. The van der Waals surface area contributed by atoms with Gasteiger partial charge in [-0.25, -0.2) is 4.98 Å². The highest BCUT2D eigenvalue weighted by Gasteiger charge is 2.22. The lowest BCUT2D eigenvalue weighted by Gasteiger charge is -2.24. The van der Waals surface area contributed by atoms with E-state index in [-0.39, 0.29) is 18.3 Å². The van der Waals surface area contributed by atoms with Gasteiger partial charge in [-0.3, -0.25) is 9.69 Å². The number of nitrogens with zero attached hydrogens (tertiary/aromatic N) is 3. The molecule has 3 aromatic rings. The van der Waals surface area contributed by atoms with E-state index in [9.17, 15) is 4.79 Å². The molecular formula is C21H25BrClN3OS2. The minimum absolute atomic E-state index is 0. The number of thiazole rings is 1. The van der Waals surface area contributed by atoms with Crippen LogP contribution in [0.3, 0.4) is 0 Å². The van der Waals surface area contributed by atoms with Crippen LogP contribution in [0.1, 0.15) is 24.2 Å². The number of carbonyl (C=O) groups is 1. The monoisotopic (exact) mass is 513 g/mol. The van der Waals surface area contributed by atoms with Crippen LogP contribution in [0.4, 0.5) is 5.13 Å². The molecule has 0 radical (unpaired) electrons. The Bertz CT molecular complexity index is 945. The van der Waals surface area contributed by atoms with Gasteiger partial charge in [0.15, 0.2) is 5.13 Å². The van der Waals surface area contributed by atoms with Crippen LogP contribution < -0.4 is 4.90 Å². The Kier molecular flexibility index (Phi) is 9.43. The Morgan fingerprint density at radius 3 is 2.41 bits per heavy atom. The van der Waals surface area contributed by atoms with Gasteiger partial charge in [0.05, 0.1) is 10.2 Å². The molecule has 8 heteroatoms. The maximum atomic E-state index is 13.3. The summed E-state index contributed by atoms with van der Waals surface area (Å²) in [4.78, 5) is 23.4. The summed E-state index contributed by atoms with van der Waals surface area (Å²) < 4.78 is 2.09. The first-order valence-electron chi connectivity index (χ1n) is 9.30. The molecular weight excluding hydrogens is 490 g/mol. The molecule has 0 aliphatic heterocycles. The Balaban J connectivity index is 0.00000300. The number of hydrogen-bond acceptors (Lipinski definition) is 5. The van der Waals surface area contributed by atoms with E-state index < -0.39 is 0 Å². The minimum Gasteiger partial charge on any atom is -0.302 e. The van der Waals surface area contributed by atoms with Crippen LogP contribution >= 0.6 is 51.4 Å². The summed E-state index contributed by atoms with van der Waals surface area (Å²) >= 11 is 6.75. The molecule has 1 heterocycles. The van der Waals surface area contributed by atoms with Crippen molar-refractivity contribution < 1.29 is 4.79 Å². The molecule has 0 aliphatic rings. The first kappa shape index (κ1) is 24.2. The molecule has 0 N–H and O–H groups in total. The zero-order valence-electron chi connectivity index (χ0n) is 16.7. The highest BCUT2D eigenvalue weighted by atomic mass is 79.9. The molecule has 29 heavy (non-hydrogen) atoms. The second-order valence-electron chi connectivity index (χ2n) is 6.32. The quantitative estimate of drug-likeness (QED) is 0.336. The van der Waals surface area contributed by atoms with E-state index in [1.54, 1.807) is 23.1 Å². The third kappa shape index (κ3) is 5.95. The zero-order chi connectivity index (χ0) is 20.1.